The molecule has 0 saturated carbocycles. The Labute approximate surface area is 272 Å². The van der Waals surface area contributed by atoms with Crippen molar-refractivity contribution in [1.82, 2.24) is 0 Å². The second kappa shape index (κ2) is 24.9. The summed E-state index contributed by atoms with van der Waals surface area (Å²) < 4.78 is 0. The van der Waals surface area contributed by atoms with Crippen LogP contribution in [0.1, 0.15) is 41.7 Å². The van der Waals surface area contributed by atoms with E-state index < -0.39 is 0 Å². The van der Waals surface area contributed by atoms with E-state index in [0.29, 0.717) is 5.88 Å². The molecule has 0 nitrogen and oxygen atoms in total. The lowest BCUT2D eigenvalue weighted by Crippen LogP contribution is -1.88. The number of hydrogen-bond acceptors (Lipinski definition) is 0. The second-order valence-corrected chi connectivity index (χ2v) is 10.2. The standard InChI is InChI=1S/C15H14.C10H12.C8H8.C7H7Cl.C3H6/c1-13(15-10-6-3-7-11-15)12-14-8-4-2-5-9-14;1-9(2)8-10-6-4-3-5-7-10;1-2-8-6-4-3-5-7-8;8-6-7-4-2-1-3-5-7;1-3-2/h2-11H,1,12H2;3-7H,1,8H2,2H3;2-7H,1H2;1-5H,6H2;3H,1H2,2H3. The molecule has 5 aromatic rings. The predicted octanol–water partition coefficient (Wildman–Crippen LogP) is 12.7. The molecule has 5 rings (SSSR count). The zero-order chi connectivity index (χ0) is 32.3. The first-order valence-electron chi connectivity index (χ1n) is 14.7. The van der Waals surface area contributed by atoms with E-state index in [1.807, 2.05) is 111 Å². The number of hydrogen-bond donors (Lipinski definition) is 0. The lowest BCUT2D eigenvalue weighted by molar-refractivity contribution is 1.15. The van der Waals surface area contributed by atoms with Crippen molar-refractivity contribution in [2.24, 2.45) is 0 Å². The third-order valence-corrected chi connectivity index (χ3v) is 6.13. The first-order chi connectivity index (χ1) is 21.4. The van der Waals surface area contributed by atoms with Crippen LogP contribution >= 0.6 is 11.6 Å². The molecular formula is C43H47Cl. The van der Waals surface area contributed by atoms with Crippen molar-refractivity contribution in [2.45, 2.75) is 32.6 Å². The van der Waals surface area contributed by atoms with Crippen LogP contribution in [-0.4, -0.2) is 0 Å². The molecular weight excluding hydrogens is 552 g/mol. The molecule has 0 fully saturated rings. The molecule has 226 valence electrons. The minimum absolute atomic E-state index is 0.612. The van der Waals surface area contributed by atoms with Gasteiger partial charge < -0.3 is 0 Å². The van der Waals surface area contributed by atoms with Crippen LogP contribution in [0, 0.1) is 0 Å². The third-order valence-electron chi connectivity index (χ3n) is 5.82. The van der Waals surface area contributed by atoms with Crippen molar-refractivity contribution >= 4 is 23.3 Å². The van der Waals surface area contributed by atoms with Gasteiger partial charge >= 0.3 is 0 Å². The van der Waals surface area contributed by atoms with Gasteiger partial charge in [-0.15, -0.1) is 18.2 Å². The van der Waals surface area contributed by atoms with E-state index in [0.717, 1.165) is 12.8 Å². The fourth-order valence-electron chi connectivity index (χ4n) is 3.72. The Balaban J connectivity index is 0.000000295. The quantitative estimate of drug-likeness (QED) is 0.129. The molecule has 44 heavy (non-hydrogen) atoms. The molecule has 0 atom stereocenters. The van der Waals surface area contributed by atoms with E-state index in [-0.39, 0.29) is 0 Å². The molecule has 0 amide bonds. The van der Waals surface area contributed by atoms with Gasteiger partial charge in [-0.05, 0) is 60.1 Å². The first kappa shape index (κ1) is 37.4. The predicted molar refractivity (Wildman–Crippen MR) is 199 cm³/mol. The van der Waals surface area contributed by atoms with Gasteiger partial charge in [0.05, 0.1) is 0 Å². The average molecular weight is 599 g/mol. The fourth-order valence-corrected chi connectivity index (χ4v) is 3.90. The topological polar surface area (TPSA) is 0 Å². The maximum atomic E-state index is 5.53. The minimum atomic E-state index is 0.612. The molecule has 0 heterocycles. The molecule has 5 aromatic carbocycles. The summed E-state index contributed by atoms with van der Waals surface area (Å²) in [5.74, 6) is 0.612. The van der Waals surface area contributed by atoms with Crippen LogP contribution in [0.15, 0.2) is 190 Å². The molecule has 0 aliphatic rings. The van der Waals surface area contributed by atoms with Gasteiger partial charge in [0.2, 0.25) is 0 Å². The summed E-state index contributed by atoms with van der Waals surface area (Å²) in [5, 5.41) is 0. The number of allylic oxidation sites excluding steroid dienone is 3. The van der Waals surface area contributed by atoms with Crippen molar-refractivity contribution in [3.8, 4) is 0 Å². The van der Waals surface area contributed by atoms with Crippen LogP contribution in [0.5, 0.6) is 0 Å². The maximum Gasteiger partial charge on any atom is 0.0474 e. The summed E-state index contributed by atoms with van der Waals surface area (Å²) in [5.41, 5.74) is 8.61. The average Bonchev–Trinajstić information content (AvgIpc) is 3.08. The van der Waals surface area contributed by atoms with Gasteiger partial charge in [-0.2, -0.15) is 0 Å². The van der Waals surface area contributed by atoms with Crippen molar-refractivity contribution in [1.29, 1.82) is 0 Å². The van der Waals surface area contributed by atoms with E-state index in [2.05, 4.69) is 87.0 Å². The van der Waals surface area contributed by atoms with Gasteiger partial charge in [0.15, 0.2) is 0 Å². The van der Waals surface area contributed by atoms with E-state index >= 15 is 0 Å². The van der Waals surface area contributed by atoms with Crippen LogP contribution in [0.25, 0.3) is 11.6 Å². The summed E-state index contributed by atoms with van der Waals surface area (Å²) >= 11 is 5.53. The van der Waals surface area contributed by atoms with E-state index in [1.165, 1.54) is 39.0 Å². The molecule has 1 heteroatoms. The molecule has 0 aromatic heterocycles. The Kier molecular flexibility index (Phi) is 21.2. The molecule has 0 bridgehead atoms. The van der Waals surface area contributed by atoms with E-state index in [9.17, 15) is 0 Å². The maximum absolute atomic E-state index is 5.53. The van der Waals surface area contributed by atoms with Gasteiger partial charge in [-0.1, -0.05) is 189 Å². The Morgan fingerprint density at radius 1 is 0.545 bits per heavy atom. The lowest BCUT2D eigenvalue weighted by atomic mass is 10.00. The SMILES string of the molecule is C=C(C)Cc1ccccc1.C=C(Cc1ccccc1)c1ccccc1.C=CC.C=Cc1ccccc1.ClCc1ccccc1. The number of rotatable bonds is 7. The molecule has 0 unspecified atom stereocenters. The molecule has 0 radical (unpaired) electrons. The molecule has 0 N–H and O–H groups in total. The van der Waals surface area contributed by atoms with Gasteiger partial charge in [0.1, 0.15) is 0 Å². The van der Waals surface area contributed by atoms with Crippen LogP contribution in [-0.2, 0) is 18.7 Å². The number of benzene rings is 5. The highest BCUT2D eigenvalue weighted by Crippen LogP contribution is 2.17. The summed E-state index contributed by atoms with van der Waals surface area (Å²) in [6.07, 6.45) is 5.51. The van der Waals surface area contributed by atoms with Crippen molar-refractivity contribution in [3.05, 3.63) is 217 Å². The van der Waals surface area contributed by atoms with Crippen LogP contribution < -0.4 is 0 Å². The monoisotopic (exact) mass is 598 g/mol. The minimum Gasteiger partial charge on any atom is -0.122 e. The smallest absolute Gasteiger partial charge is 0.0474 e. The van der Waals surface area contributed by atoms with Crippen LogP contribution in [0.2, 0.25) is 0 Å². The van der Waals surface area contributed by atoms with Gasteiger partial charge in [0, 0.05) is 5.88 Å². The fraction of sp³-hybridized carbons (Fsp3) is 0.116. The summed E-state index contributed by atoms with van der Waals surface area (Å²) in [6, 6.07) is 51.1. The Morgan fingerprint density at radius 2 is 0.886 bits per heavy atom. The van der Waals surface area contributed by atoms with E-state index in [4.69, 9.17) is 11.6 Å². The third kappa shape index (κ3) is 18.7. The highest BCUT2D eigenvalue weighted by molar-refractivity contribution is 6.17. The molecule has 0 spiro atoms. The first-order valence-corrected chi connectivity index (χ1v) is 15.3. The van der Waals surface area contributed by atoms with Gasteiger partial charge in [-0.3, -0.25) is 0 Å². The normalized spacial score (nSPS) is 8.98. The number of alkyl halides is 1. The highest BCUT2D eigenvalue weighted by atomic mass is 35.5. The Hall–Kier alpha value is -4.65. The molecule has 0 saturated heterocycles. The number of halogens is 1. The van der Waals surface area contributed by atoms with Gasteiger partial charge in [0.25, 0.3) is 0 Å². The van der Waals surface area contributed by atoms with Crippen LogP contribution in [0.3, 0.4) is 0 Å². The lowest BCUT2D eigenvalue weighted by Gasteiger charge is -2.05. The second-order valence-electron chi connectivity index (χ2n) is 9.89. The summed E-state index contributed by atoms with van der Waals surface area (Å²) in [6.45, 7) is 18.9. The zero-order valence-corrected chi connectivity index (χ0v) is 27.2. The van der Waals surface area contributed by atoms with Gasteiger partial charge in [-0.25, -0.2) is 0 Å². The largest absolute Gasteiger partial charge is 0.122 e. The van der Waals surface area contributed by atoms with Crippen molar-refractivity contribution < 1.29 is 0 Å². The zero-order valence-electron chi connectivity index (χ0n) is 26.4. The molecule has 0 aliphatic carbocycles. The summed E-state index contributed by atoms with van der Waals surface area (Å²) in [4.78, 5) is 0. The van der Waals surface area contributed by atoms with Crippen molar-refractivity contribution in [3.63, 3.8) is 0 Å². The Bertz CT molecular complexity index is 1420. The highest BCUT2D eigenvalue weighted by Gasteiger charge is 1.99. The van der Waals surface area contributed by atoms with Crippen LogP contribution in [0.4, 0.5) is 0 Å². The van der Waals surface area contributed by atoms with E-state index in [1.54, 1.807) is 6.08 Å². The Morgan fingerprint density at radius 3 is 1.20 bits per heavy atom. The summed E-state index contributed by atoms with van der Waals surface area (Å²) in [7, 11) is 0. The molecule has 0 aliphatic heterocycles. The van der Waals surface area contributed by atoms with Crippen molar-refractivity contribution in [2.75, 3.05) is 0 Å².